The van der Waals surface area contributed by atoms with Crippen LogP contribution >= 0.6 is 0 Å². The molecule has 2 aliphatic rings. The van der Waals surface area contributed by atoms with Gasteiger partial charge in [-0.05, 0) is 77.6 Å². The summed E-state index contributed by atoms with van der Waals surface area (Å²) < 4.78 is 44.9. The molecule has 1 atom stereocenters. The lowest BCUT2D eigenvalue weighted by atomic mass is 9.85. The SMILES string of the molecule is CCOc1ccc2cc(S(=O)(=O)N[C@H]3CC[C@H](C(=O)N4CCN(C(=O)OC(C)(C)C)C[C@@H]4C(=O)OC)CC3)ccc2n1. The van der Waals surface area contributed by atoms with Gasteiger partial charge in [-0.3, -0.25) is 4.79 Å². The summed E-state index contributed by atoms with van der Waals surface area (Å²) >= 11 is 0. The first-order valence-electron chi connectivity index (χ1n) is 14.2. The number of amides is 2. The predicted octanol–water partition coefficient (Wildman–Crippen LogP) is 3.09. The minimum absolute atomic E-state index is 0.0172. The highest BCUT2D eigenvalue weighted by atomic mass is 32.2. The highest BCUT2D eigenvalue weighted by Crippen LogP contribution is 2.29. The van der Waals surface area contributed by atoms with Gasteiger partial charge in [0.1, 0.15) is 11.6 Å². The number of methoxy groups -OCH3 is 1. The van der Waals surface area contributed by atoms with E-state index in [0.717, 1.165) is 0 Å². The molecule has 1 N–H and O–H groups in total. The number of nitrogens with one attached hydrogen (secondary N) is 1. The molecule has 230 valence electrons. The first-order valence-corrected chi connectivity index (χ1v) is 15.7. The molecule has 1 saturated heterocycles. The number of rotatable bonds is 7. The summed E-state index contributed by atoms with van der Waals surface area (Å²) in [6.07, 6.45) is 1.34. The van der Waals surface area contributed by atoms with Gasteiger partial charge in [0.2, 0.25) is 21.8 Å². The van der Waals surface area contributed by atoms with Crippen molar-refractivity contribution in [3.63, 3.8) is 0 Å². The number of fused-ring (bicyclic) bond motifs is 1. The molecule has 1 saturated carbocycles. The van der Waals surface area contributed by atoms with Gasteiger partial charge in [-0.25, -0.2) is 27.7 Å². The smallest absolute Gasteiger partial charge is 0.410 e. The Labute approximate surface area is 246 Å². The molecule has 0 bridgehead atoms. The Morgan fingerprint density at radius 2 is 1.76 bits per heavy atom. The molecule has 0 spiro atoms. The van der Waals surface area contributed by atoms with Gasteiger partial charge in [-0.15, -0.1) is 0 Å². The minimum atomic E-state index is -3.80. The van der Waals surface area contributed by atoms with Crippen molar-refractivity contribution >= 4 is 38.9 Å². The molecular formula is C29H40N4O8S. The predicted molar refractivity (Wildman–Crippen MR) is 154 cm³/mol. The highest BCUT2D eigenvalue weighted by Gasteiger charge is 2.41. The van der Waals surface area contributed by atoms with E-state index in [1.54, 1.807) is 45.0 Å². The number of carbonyl (C=O) groups is 3. The van der Waals surface area contributed by atoms with Crippen LogP contribution in [-0.2, 0) is 29.1 Å². The number of benzene rings is 1. The molecule has 2 aromatic rings. The zero-order valence-electron chi connectivity index (χ0n) is 24.8. The number of esters is 1. The standard InChI is InChI=1S/C29H40N4O8S/c1-6-40-25-14-9-20-17-22(12-13-23(20)30-25)42(37,38)31-21-10-7-19(8-11-21)26(34)33-16-15-32(18-24(33)27(35)39-5)28(36)41-29(2,3)4/h9,12-14,17,19,21,24,31H,6-8,10-11,15-16,18H2,1-5H3/t19-,21-,24-/m1/s1. The van der Waals surface area contributed by atoms with Crippen LogP contribution in [0.5, 0.6) is 5.88 Å². The Hall–Kier alpha value is -3.45. The largest absolute Gasteiger partial charge is 0.478 e. The molecule has 2 fully saturated rings. The molecule has 2 amide bonds. The van der Waals surface area contributed by atoms with Gasteiger partial charge in [-0.2, -0.15) is 0 Å². The van der Waals surface area contributed by atoms with Crippen molar-refractivity contribution in [3.8, 4) is 5.88 Å². The number of ether oxygens (including phenoxy) is 3. The van der Waals surface area contributed by atoms with Crippen LogP contribution in [-0.4, -0.2) is 92.2 Å². The Balaban J connectivity index is 1.36. The van der Waals surface area contributed by atoms with Crippen LogP contribution in [0.2, 0.25) is 0 Å². The summed E-state index contributed by atoms with van der Waals surface area (Å²) in [5, 5.41) is 0.683. The van der Waals surface area contributed by atoms with Crippen molar-refractivity contribution in [3.05, 3.63) is 30.3 Å². The molecule has 13 heteroatoms. The van der Waals surface area contributed by atoms with Gasteiger partial charge in [0.25, 0.3) is 0 Å². The normalized spacial score (nSPS) is 21.6. The van der Waals surface area contributed by atoms with E-state index >= 15 is 0 Å². The van der Waals surface area contributed by atoms with Gasteiger partial charge in [-0.1, -0.05) is 0 Å². The van der Waals surface area contributed by atoms with Crippen molar-refractivity contribution in [1.29, 1.82) is 0 Å². The van der Waals surface area contributed by atoms with E-state index in [4.69, 9.17) is 14.2 Å². The van der Waals surface area contributed by atoms with E-state index < -0.39 is 33.7 Å². The van der Waals surface area contributed by atoms with Gasteiger partial charge in [0.15, 0.2) is 0 Å². The number of aromatic nitrogens is 1. The van der Waals surface area contributed by atoms with Gasteiger partial charge in [0.05, 0.1) is 30.7 Å². The lowest BCUT2D eigenvalue weighted by Gasteiger charge is -2.42. The molecule has 2 heterocycles. The molecule has 1 aromatic carbocycles. The fourth-order valence-corrected chi connectivity index (χ4v) is 6.68. The van der Waals surface area contributed by atoms with E-state index in [1.165, 1.54) is 23.0 Å². The number of hydrogen-bond donors (Lipinski definition) is 1. The Morgan fingerprint density at radius 3 is 2.40 bits per heavy atom. The van der Waals surface area contributed by atoms with Crippen molar-refractivity contribution in [2.75, 3.05) is 33.4 Å². The maximum Gasteiger partial charge on any atom is 0.410 e. The van der Waals surface area contributed by atoms with Crippen molar-refractivity contribution in [2.24, 2.45) is 5.92 Å². The Kier molecular flexibility index (Phi) is 9.61. The first kappa shape index (κ1) is 31.5. The number of piperazine rings is 1. The second kappa shape index (κ2) is 12.8. The summed E-state index contributed by atoms with van der Waals surface area (Å²) in [6.45, 7) is 8.02. The highest BCUT2D eigenvalue weighted by molar-refractivity contribution is 7.89. The van der Waals surface area contributed by atoms with Crippen molar-refractivity contribution in [2.45, 2.75) is 76.0 Å². The molecule has 12 nitrogen and oxygen atoms in total. The lowest BCUT2D eigenvalue weighted by molar-refractivity contribution is -0.158. The van der Waals surface area contributed by atoms with E-state index in [0.29, 0.717) is 49.1 Å². The fourth-order valence-electron chi connectivity index (χ4n) is 5.34. The number of pyridine rings is 1. The average molecular weight is 605 g/mol. The molecule has 4 rings (SSSR count). The molecule has 42 heavy (non-hydrogen) atoms. The summed E-state index contributed by atoms with van der Waals surface area (Å²) in [7, 11) is -2.55. The molecule has 1 aromatic heterocycles. The quantitative estimate of drug-likeness (QED) is 0.472. The number of hydrogen-bond acceptors (Lipinski definition) is 9. The third-order valence-electron chi connectivity index (χ3n) is 7.42. The number of sulfonamides is 1. The zero-order valence-corrected chi connectivity index (χ0v) is 25.6. The number of nitrogens with zero attached hydrogens (tertiary/aromatic N) is 3. The van der Waals surface area contributed by atoms with E-state index in [2.05, 4.69) is 9.71 Å². The third-order valence-corrected chi connectivity index (χ3v) is 8.94. The molecule has 0 unspecified atom stereocenters. The maximum absolute atomic E-state index is 13.5. The number of carbonyl (C=O) groups excluding carboxylic acids is 3. The van der Waals surface area contributed by atoms with Gasteiger partial charge < -0.3 is 24.0 Å². The monoisotopic (exact) mass is 604 g/mol. The van der Waals surface area contributed by atoms with Crippen LogP contribution in [0.1, 0.15) is 53.4 Å². The van der Waals surface area contributed by atoms with E-state index in [9.17, 15) is 22.8 Å². The topological polar surface area (TPSA) is 144 Å². The van der Waals surface area contributed by atoms with Crippen LogP contribution in [0.15, 0.2) is 35.2 Å². The molecular weight excluding hydrogens is 564 g/mol. The van der Waals surface area contributed by atoms with E-state index in [-0.39, 0.29) is 42.4 Å². The minimum Gasteiger partial charge on any atom is -0.478 e. The zero-order chi connectivity index (χ0) is 30.7. The summed E-state index contributed by atoms with van der Waals surface area (Å²) in [6, 6.07) is 6.98. The van der Waals surface area contributed by atoms with Crippen LogP contribution in [0, 0.1) is 5.92 Å². The van der Waals surface area contributed by atoms with Crippen LogP contribution in [0.4, 0.5) is 4.79 Å². The van der Waals surface area contributed by atoms with Gasteiger partial charge in [0, 0.05) is 36.5 Å². The van der Waals surface area contributed by atoms with Crippen LogP contribution in [0.25, 0.3) is 10.9 Å². The molecule has 1 aliphatic carbocycles. The summed E-state index contributed by atoms with van der Waals surface area (Å²) in [4.78, 5) is 46.2. The second-order valence-electron chi connectivity index (χ2n) is 11.6. The fraction of sp³-hybridized carbons (Fsp3) is 0.586. The first-order chi connectivity index (χ1) is 19.8. The van der Waals surface area contributed by atoms with Crippen LogP contribution < -0.4 is 9.46 Å². The average Bonchev–Trinajstić information content (AvgIpc) is 2.95. The van der Waals surface area contributed by atoms with Crippen molar-refractivity contribution < 1.29 is 37.0 Å². The van der Waals surface area contributed by atoms with Crippen LogP contribution in [0.3, 0.4) is 0 Å². The summed E-state index contributed by atoms with van der Waals surface area (Å²) in [5.41, 5.74) is -0.0550. The second-order valence-corrected chi connectivity index (χ2v) is 13.3. The molecule has 1 aliphatic heterocycles. The van der Waals surface area contributed by atoms with Crippen molar-refractivity contribution in [1.82, 2.24) is 19.5 Å². The summed E-state index contributed by atoms with van der Waals surface area (Å²) in [5.74, 6) is -0.674. The van der Waals surface area contributed by atoms with Gasteiger partial charge >= 0.3 is 12.1 Å². The van der Waals surface area contributed by atoms with E-state index in [1.807, 2.05) is 6.92 Å². The Morgan fingerprint density at radius 1 is 1.05 bits per heavy atom. The maximum atomic E-state index is 13.5. The Bertz CT molecular complexity index is 1420. The third kappa shape index (κ3) is 7.49. The lowest BCUT2D eigenvalue weighted by Crippen LogP contribution is -2.61. The molecule has 0 radical (unpaired) electrons.